The van der Waals surface area contributed by atoms with Gasteiger partial charge in [-0.05, 0) is 52.6 Å². The van der Waals surface area contributed by atoms with Crippen LogP contribution in [-0.2, 0) is 0 Å². The SMILES string of the molecule is C=N/C=C\C(=C)C(C)CCN(C)C(C)C. The second-order valence-corrected chi connectivity index (χ2v) is 4.34. The number of nitrogens with zero attached hydrogens (tertiary/aromatic N) is 2. The van der Waals surface area contributed by atoms with Gasteiger partial charge in [0.25, 0.3) is 0 Å². The minimum Gasteiger partial charge on any atom is -0.304 e. The molecule has 0 rings (SSSR count). The quantitative estimate of drug-likeness (QED) is 0.463. The summed E-state index contributed by atoms with van der Waals surface area (Å²) in [5, 5.41) is 0. The normalized spacial score (nSPS) is 13.7. The Hall–Kier alpha value is -0.890. The molecule has 0 saturated heterocycles. The maximum atomic E-state index is 4.02. The summed E-state index contributed by atoms with van der Waals surface area (Å²) in [6, 6.07) is 0.607. The van der Waals surface area contributed by atoms with Gasteiger partial charge in [-0.15, -0.1) is 0 Å². The average molecular weight is 208 g/mol. The summed E-state index contributed by atoms with van der Waals surface area (Å²) in [5.41, 5.74) is 1.12. The average Bonchev–Trinajstić information content (AvgIpc) is 2.21. The molecule has 0 aromatic rings. The van der Waals surface area contributed by atoms with E-state index in [1.807, 2.05) is 6.08 Å². The van der Waals surface area contributed by atoms with Crippen LogP contribution in [0.4, 0.5) is 0 Å². The summed E-state index contributed by atoms with van der Waals surface area (Å²) in [6.45, 7) is 15.1. The second kappa shape index (κ2) is 7.41. The van der Waals surface area contributed by atoms with Gasteiger partial charge in [0, 0.05) is 12.2 Å². The Kier molecular flexibility index (Phi) is 6.97. The largest absolute Gasteiger partial charge is 0.304 e. The molecule has 0 spiro atoms. The van der Waals surface area contributed by atoms with Crippen LogP contribution in [0.5, 0.6) is 0 Å². The van der Waals surface area contributed by atoms with Crippen LogP contribution in [0.3, 0.4) is 0 Å². The van der Waals surface area contributed by atoms with Crippen LogP contribution in [0.15, 0.2) is 29.4 Å². The zero-order valence-corrected chi connectivity index (χ0v) is 10.5. The van der Waals surface area contributed by atoms with Gasteiger partial charge in [0.1, 0.15) is 0 Å². The molecule has 1 unspecified atom stereocenters. The molecule has 0 fully saturated rings. The minimum atomic E-state index is 0.504. The van der Waals surface area contributed by atoms with Gasteiger partial charge >= 0.3 is 0 Å². The number of allylic oxidation sites excluding steroid dienone is 2. The van der Waals surface area contributed by atoms with E-state index in [-0.39, 0.29) is 0 Å². The third-order valence-electron chi connectivity index (χ3n) is 2.82. The first-order valence-electron chi connectivity index (χ1n) is 5.50. The molecule has 15 heavy (non-hydrogen) atoms. The smallest absolute Gasteiger partial charge is 0.0263 e. The number of aliphatic imine (C=N–C) groups is 1. The molecule has 1 atom stereocenters. The molecule has 0 aromatic heterocycles. The van der Waals surface area contributed by atoms with E-state index < -0.39 is 0 Å². The molecule has 0 aliphatic carbocycles. The van der Waals surface area contributed by atoms with Gasteiger partial charge in [0.05, 0.1) is 0 Å². The molecular weight excluding hydrogens is 184 g/mol. The van der Waals surface area contributed by atoms with Crippen molar-refractivity contribution >= 4 is 6.72 Å². The standard InChI is InChI=1S/C13H24N2/c1-11(2)15(6)10-8-13(4)12(3)7-9-14-5/h7,9,11,13H,3,5,8,10H2,1-2,4,6H3/b9-7-. The highest BCUT2D eigenvalue weighted by molar-refractivity contribution is 5.27. The van der Waals surface area contributed by atoms with E-state index >= 15 is 0 Å². The summed E-state index contributed by atoms with van der Waals surface area (Å²) in [6.07, 6.45) is 4.77. The lowest BCUT2D eigenvalue weighted by Gasteiger charge is -2.23. The predicted molar refractivity (Wildman–Crippen MR) is 69.4 cm³/mol. The van der Waals surface area contributed by atoms with E-state index in [1.54, 1.807) is 6.20 Å². The van der Waals surface area contributed by atoms with Crippen molar-refractivity contribution in [1.29, 1.82) is 0 Å². The highest BCUT2D eigenvalue weighted by atomic mass is 15.1. The van der Waals surface area contributed by atoms with Gasteiger partial charge in [0.2, 0.25) is 0 Å². The van der Waals surface area contributed by atoms with Crippen molar-refractivity contribution in [2.24, 2.45) is 10.9 Å². The summed E-state index contributed by atoms with van der Waals surface area (Å²) in [7, 11) is 2.15. The molecule has 86 valence electrons. The van der Waals surface area contributed by atoms with E-state index in [2.05, 4.69) is 51.0 Å². The third-order valence-corrected chi connectivity index (χ3v) is 2.82. The van der Waals surface area contributed by atoms with E-state index in [9.17, 15) is 0 Å². The summed E-state index contributed by atoms with van der Waals surface area (Å²) in [4.78, 5) is 6.03. The monoisotopic (exact) mass is 208 g/mol. The lowest BCUT2D eigenvalue weighted by atomic mass is 9.98. The topological polar surface area (TPSA) is 15.6 Å². The molecule has 0 radical (unpaired) electrons. The lowest BCUT2D eigenvalue weighted by molar-refractivity contribution is 0.260. The molecule has 0 amide bonds. The molecule has 0 aliphatic heterocycles. The first-order chi connectivity index (χ1) is 6.99. The maximum Gasteiger partial charge on any atom is 0.0263 e. The van der Waals surface area contributed by atoms with Crippen LogP contribution in [0.2, 0.25) is 0 Å². The molecule has 2 nitrogen and oxygen atoms in total. The highest BCUT2D eigenvalue weighted by Gasteiger charge is 2.07. The molecule has 0 bridgehead atoms. The van der Waals surface area contributed by atoms with Gasteiger partial charge in [-0.25, -0.2) is 0 Å². The molecule has 0 heterocycles. The molecule has 0 N–H and O–H groups in total. The molecular formula is C13H24N2. The minimum absolute atomic E-state index is 0.504. The Balaban J connectivity index is 3.92. The molecule has 0 aliphatic rings. The zero-order chi connectivity index (χ0) is 11.8. The maximum absolute atomic E-state index is 4.02. The Morgan fingerprint density at radius 2 is 2.00 bits per heavy atom. The fraction of sp³-hybridized carbons (Fsp3) is 0.615. The van der Waals surface area contributed by atoms with Gasteiger partial charge in [0.15, 0.2) is 0 Å². The van der Waals surface area contributed by atoms with Crippen LogP contribution in [0, 0.1) is 5.92 Å². The van der Waals surface area contributed by atoms with E-state index in [0.717, 1.165) is 18.5 Å². The van der Waals surface area contributed by atoms with Gasteiger partial charge in [-0.2, -0.15) is 0 Å². The number of rotatable bonds is 7. The first-order valence-corrected chi connectivity index (χ1v) is 5.50. The van der Waals surface area contributed by atoms with Gasteiger partial charge in [-0.3, -0.25) is 4.99 Å². The fourth-order valence-corrected chi connectivity index (χ4v) is 1.15. The van der Waals surface area contributed by atoms with Crippen LogP contribution >= 0.6 is 0 Å². The number of hydrogen-bond donors (Lipinski definition) is 0. The van der Waals surface area contributed by atoms with Crippen molar-refractivity contribution < 1.29 is 0 Å². The van der Waals surface area contributed by atoms with Crippen molar-refractivity contribution in [3.05, 3.63) is 24.4 Å². The summed E-state index contributed by atoms with van der Waals surface area (Å²) < 4.78 is 0. The number of hydrogen-bond acceptors (Lipinski definition) is 2. The van der Waals surface area contributed by atoms with E-state index in [1.165, 1.54) is 0 Å². The first kappa shape index (κ1) is 14.1. The second-order valence-electron chi connectivity index (χ2n) is 4.34. The Morgan fingerprint density at radius 1 is 1.40 bits per heavy atom. The van der Waals surface area contributed by atoms with E-state index in [4.69, 9.17) is 0 Å². The Morgan fingerprint density at radius 3 is 2.47 bits per heavy atom. The van der Waals surface area contributed by atoms with Crippen molar-refractivity contribution in [2.75, 3.05) is 13.6 Å². The Labute approximate surface area is 94.4 Å². The van der Waals surface area contributed by atoms with Crippen LogP contribution in [-0.4, -0.2) is 31.3 Å². The van der Waals surface area contributed by atoms with Gasteiger partial charge < -0.3 is 4.90 Å². The van der Waals surface area contributed by atoms with Crippen LogP contribution in [0.25, 0.3) is 0 Å². The summed E-state index contributed by atoms with van der Waals surface area (Å²) in [5.74, 6) is 0.504. The van der Waals surface area contributed by atoms with Crippen LogP contribution < -0.4 is 0 Å². The summed E-state index contributed by atoms with van der Waals surface area (Å²) >= 11 is 0. The molecule has 2 heteroatoms. The zero-order valence-electron chi connectivity index (χ0n) is 10.5. The highest BCUT2D eigenvalue weighted by Crippen LogP contribution is 2.14. The molecule has 0 aromatic carbocycles. The van der Waals surface area contributed by atoms with Crippen LogP contribution in [0.1, 0.15) is 27.2 Å². The third kappa shape index (κ3) is 6.24. The van der Waals surface area contributed by atoms with Crippen molar-refractivity contribution in [3.8, 4) is 0 Å². The van der Waals surface area contributed by atoms with Crippen molar-refractivity contribution in [2.45, 2.75) is 33.2 Å². The molecule has 0 saturated carbocycles. The Bertz CT molecular complexity index is 229. The van der Waals surface area contributed by atoms with E-state index in [0.29, 0.717) is 12.0 Å². The predicted octanol–water partition coefficient (Wildman–Crippen LogP) is 3.12. The van der Waals surface area contributed by atoms with Crippen molar-refractivity contribution in [1.82, 2.24) is 4.90 Å². The van der Waals surface area contributed by atoms with Gasteiger partial charge in [-0.1, -0.05) is 19.1 Å². The fourth-order valence-electron chi connectivity index (χ4n) is 1.15. The lowest BCUT2D eigenvalue weighted by Crippen LogP contribution is -2.28. The van der Waals surface area contributed by atoms with Crippen molar-refractivity contribution in [3.63, 3.8) is 0 Å².